The first-order valence-electron chi connectivity index (χ1n) is 5.34. The molecule has 18 heavy (non-hydrogen) atoms. The second-order valence-electron chi connectivity index (χ2n) is 3.88. The molecule has 0 bridgehead atoms. The fourth-order valence-electron chi connectivity index (χ4n) is 1.69. The van der Waals surface area contributed by atoms with Crippen molar-refractivity contribution in [2.24, 2.45) is 7.05 Å². The Balaban J connectivity index is 2.27. The Bertz CT molecular complexity index is 637. The van der Waals surface area contributed by atoms with E-state index in [9.17, 15) is 4.79 Å². The van der Waals surface area contributed by atoms with E-state index in [-0.39, 0.29) is 5.91 Å². The van der Waals surface area contributed by atoms with E-state index in [1.807, 2.05) is 6.07 Å². The van der Waals surface area contributed by atoms with Crippen LogP contribution in [0.1, 0.15) is 16.1 Å². The number of nitrogens with zero attached hydrogens (tertiary/aromatic N) is 2. The first-order valence-corrected chi connectivity index (χ1v) is 5.34. The number of nitrogens with two attached hydrogens (primary N) is 1. The summed E-state index contributed by atoms with van der Waals surface area (Å²) in [6.07, 6.45) is 1.66. The predicted octanol–water partition coefficient (Wildman–Crippen LogP) is 1.73. The molecular formula is C13H12N4O. The highest BCUT2D eigenvalue weighted by atomic mass is 16.1. The highest BCUT2D eigenvalue weighted by molar-refractivity contribution is 6.04. The number of carbonyl (C=O) groups is 1. The maximum atomic E-state index is 12.0. The average Bonchev–Trinajstić information content (AvgIpc) is 2.69. The highest BCUT2D eigenvalue weighted by Crippen LogP contribution is 2.16. The Morgan fingerprint density at radius 1 is 1.44 bits per heavy atom. The van der Waals surface area contributed by atoms with Gasteiger partial charge in [0, 0.05) is 13.2 Å². The number of amides is 1. The molecule has 0 radical (unpaired) electrons. The number of hydrogen-bond donors (Lipinski definition) is 2. The fraction of sp³-hybridized carbons (Fsp3) is 0.0769. The van der Waals surface area contributed by atoms with Gasteiger partial charge in [0.05, 0.1) is 16.9 Å². The molecule has 0 saturated heterocycles. The minimum absolute atomic E-state index is 0.295. The molecular weight excluding hydrogens is 228 g/mol. The molecule has 1 amide bonds. The summed E-state index contributed by atoms with van der Waals surface area (Å²) in [7, 11) is 1.74. The summed E-state index contributed by atoms with van der Waals surface area (Å²) in [4.78, 5) is 12.0. The summed E-state index contributed by atoms with van der Waals surface area (Å²) in [5.41, 5.74) is 7.50. The fourth-order valence-corrected chi connectivity index (χ4v) is 1.69. The Hall–Kier alpha value is -2.74. The Morgan fingerprint density at radius 2 is 2.17 bits per heavy atom. The first-order chi connectivity index (χ1) is 8.61. The molecule has 3 N–H and O–H groups in total. The number of anilines is 2. The minimum Gasteiger partial charge on any atom is -0.397 e. The summed E-state index contributed by atoms with van der Waals surface area (Å²) in [6, 6.07) is 10.4. The highest BCUT2D eigenvalue weighted by Gasteiger charge is 2.12. The van der Waals surface area contributed by atoms with Crippen LogP contribution < -0.4 is 11.1 Å². The topological polar surface area (TPSA) is 83.8 Å². The predicted molar refractivity (Wildman–Crippen MR) is 68.9 cm³/mol. The Labute approximate surface area is 104 Å². The lowest BCUT2D eigenvalue weighted by Crippen LogP contribution is -2.15. The van der Waals surface area contributed by atoms with Crippen molar-refractivity contribution in [2.45, 2.75) is 0 Å². The quantitative estimate of drug-likeness (QED) is 0.838. The molecule has 1 heterocycles. The smallest absolute Gasteiger partial charge is 0.272 e. The van der Waals surface area contributed by atoms with Gasteiger partial charge in [-0.05, 0) is 18.2 Å². The van der Waals surface area contributed by atoms with Crippen molar-refractivity contribution in [1.82, 2.24) is 4.57 Å². The number of nitrogen functional groups attached to an aromatic ring is 1. The third-order valence-electron chi connectivity index (χ3n) is 2.55. The molecule has 90 valence electrons. The van der Waals surface area contributed by atoms with Crippen LogP contribution in [0.25, 0.3) is 0 Å². The summed E-state index contributed by atoms with van der Waals surface area (Å²) < 4.78 is 1.64. The number of rotatable bonds is 2. The van der Waals surface area contributed by atoms with Gasteiger partial charge in [0.25, 0.3) is 5.91 Å². The molecule has 0 aliphatic rings. The SMILES string of the molecule is Cn1cc(N)cc1C(=O)Nc1ccccc1C#N. The van der Waals surface area contributed by atoms with E-state index >= 15 is 0 Å². The van der Waals surface area contributed by atoms with Crippen LogP contribution in [0.15, 0.2) is 36.5 Å². The zero-order valence-electron chi connectivity index (χ0n) is 9.84. The normalized spacial score (nSPS) is 9.78. The van der Waals surface area contributed by atoms with E-state index in [0.29, 0.717) is 22.6 Å². The van der Waals surface area contributed by atoms with Crippen LogP contribution in [-0.2, 0) is 7.05 Å². The summed E-state index contributed by atoms with van der Waals surface area (Å²) >= 11 is 0. The summed E-state index contributed by atoms with van der Waals surface area (Å²) in [5, 5.41) is 11.6. The van der Waals surface area contributed by atoms with Crippen molar-refractivity contribution < 1.29 is 4.79 Å². The van der Waals surface area contributed by atoms with Crippen LogP contribution in [0.2, 0.25) is 0 Å². The van der Waals surface area contributed by atoms with Crippen LogP contribution in [0, 0.1) is 11.3 Å². The molecule has 0 aliphatic carbocycles. The number of para-hydroxylation sites is 1. The standard InChI is InChI=1S/C13H12N4O/c1-17-8-10(15)6-12(17)13(18)16-11-5-3-2-4-9(11)7-14/h2-6,8H,15H2,1H3,(H,16,18). The molecule has 1 aromatic heterocycles. The molecule has 0 atom stereocenters. The zero-order valence-corrected chi connectivity index (χ0v) is 9.84. The van der Waals surface area contributed by atoms with E-state index in [4.69, 9.17) is 11.0 Å². The van der Waals surface area contributed by atoms with Gasteiger partial charge in [-0.15, -0.1) is 0 Å². The Kier molecular flexibility index (Phi) is 3.02. The monoisotopic (exact) mass is 240 g/mol. The van der Waals surface area contributed by atoms with E-state index in [0.717, 1.165) is 0 Å². The maximum absolute atomic E-state index is 12.0. The third kappa shape index (κ3) is 2.18. The molecule has 1 aromatic carbocycles. The molecule has 0 aliphatic heterocycles. The van der Waals surface area contributed by atoms with Crippen molar-refractivity contribution >= 4 is 17.3 Å². The van der Waals surface area contributed by atoms with Gasteiger partial charge < -0.3 is 15.6 Å². The number of hydrogen-bond acceptors (Lipinski definition) is 3. The number of nitrogens with one attached hydrogen (secondary N) is 1. The van der Waals surface area contributed by atoms with Gasteiger partial charge in [-0.3, -0.25) is 4.79 Å². The number of benzene rings is 1. The van der Waals surface area contributed by atoms with E-state index in [1.54, 1.807) is 48.1 Å². The van der Waals surface area contributed by atoms with Gasteiger partial charge in [0.1, 0.15) is 11.8 Å². The van der Waals surface area contributed by atoms with Gasteiger partial charge in [-0.2, -0.15) is 5.26 Å². The van der Waals surface area contributed by atoms with Gasteiger partial charge in [0.15, 0.2) is 0 Å². The number of aromatic nitrogens is 1. The second kappa shape index (κ2) is 4.63. The third-order valence-corrected chi connectivity index (χ3v) is 2.55. The molecule has 5 heteroatoms. The summed E-state index contributed by atoms with van der Waals surface area (Å²) in [6.45, 7) is 0. The largest absolute Gasteiger partial charge is 0.397 e. The lowest BCUT2D eigenvalue weighted by molar-refractivity contribution is 0.101. The van der Waals surface area contributed by atoms with Crippen molar-refractivity contribution in [3.05, 3.63) is 47.8 Å². The van der Waals surface area contributed by atoms with Crippen LogP contribution in [0.4, 0.5) is 11.4 Å². The van der Waals surface area contributed by atoms with Gasteiger partial charge in [-0.25, -0.2) is 0 Å². The van der Waals surface area contributed by atoms with Crippen molar-refractivity contribution in [3.63, 3.8) is 0 Å². The Morgan fingerprint density at radius 3 is 2.78 bits per heavy atom. The minimum atomic E-state index is -0.295. The van der Waals surface area contributed by atoms with Crippen molar-refractivity contribution in [2.75, 3.05) is 11.1 Å². The van der Waals surface area contributed by atoms with Crippen LogP contribution >= 0.6 is 0 Å². The van der Waals surface area contributed by atoms with Gasteiger partial charge >= 0.3 is 0 Å². The molecule has 5 nitrogen and oxygen atoms in total. The average molecular weight is 240 g/mol. The lowest BCUT2D eigenvalue weighted by atomic mass is 10.2. The van der Waals surface area contributed by atoms with E-state index < -0.39 is 0 Å². The van der Waals surface area contributed by atoms with Gasteiger partial charge in [0.2, 0.25) is 0 Å². The van der Waals surface area contributed by atoms with E-state index in [2.05, 4.69) is 5.32 Å². The first kappa shape index (κ1) is 11.7. The van der Waals surface area contributed by atoms with Gasteiger partial charge in [-0.1, -0.05) is 12.1 Å². The van der Waals surface area contributed by atoms with Crippen LogP contribution in [0.5, 0.6) is 0 Å². The van der Waals surface area contributed by atoms with Crippen LogP contribution in [-0.4, -0.2) is 10.5 Å². The van der Waals surface area contributed by atoms with Crippen LogP contribution in [0.3, 0.4) is 0 Å². The van der Waals surface area contributed by atoms with Crippen molar-refractivity contribution in [3.8, 4) is 6.07 Å². The van der Waals surface area contributed by atoms with Crippen molar-refractivity contribution in [1.29, 1.82) is 5.26 Å². The maximum Gasteiger partial charge on any atom is 0.272 e. The molecule has 0 fully saturated rings. The number of aryl methyl sites for hydroxylation is 1. The molecule has 0 saturated carbocycles. The molecule has 0 spiro atoms. The number of carbonyl (C=O) groups excluding carboxylic acids is 1. The molecule has 2 aromatic rings. The zero-order chi connectivity index (χ0) is 13.1. The molecule has 0 unspecified atom stereocenters. The second-order valence-corrected chi connectivity index (χ2v) is 3.88. The van der Waals surface area contributed by atoms with E-state index in [1.165, 1.54) is 0 Å². The summed E-state index contributed by atoms with van der Waals surface area (Å²) in [5.74, 6) is -0.295. The molecule has 2 rings (SSSR count). The number of nitriles is 1. The lowest BCUT2D eigenvalue weighted by Gasteiger charge is -2.07.